The highest BCUT2D eigenvalue weighted by Crippen LogP contribution is 2.13. The van der Waals surface area contributed by atoms with Crippen LogP contribution in [0.1, 0.15) is 6.42 Å². The Balaban J connectivity index is 4.92. The van der Waals surface area contributed by atoms with E-state index in [-0.39, 0.29) is 0 Å². The van der Waals surface area contributed by atoms with Crippen LogP contribution in [0, 0.1) is 4.78 Å². The number of aliphatic carboxylic acids is 2. The van der Waals surface area contributed by atoms with Crippen LogP contribution in [0.25, 0.3) is 0 Å². The summed E-state index contributed by atoms with van der Waals surface area (Å²) in [7, 11) is -3.27. The molecule has 0 rings (SSSR count). The summed E-state index contributed by atoms with van der Waals surface area (Å²) in [5, 5.41) is 26.2. The van der Waals surface area contributed by atoms with Crippen molar-refractivity contribution in [1.82, 2.24) is 0 Å². The molecule has 14 heavy (non-hydrogen) atoms. The van der Waals surface area contributed by atoms with Gasteiger partial charge in [0.25, 0.3) is 0 Å². The van der Waals surface area contributed by atoms with Gasteiger partial charge in [0.15, 0.2) is 5.60 Å². The minimum absolute atomic E-state index is 0.901. The third kappa shape index (κ3) is 4.19. The van der Waals surface area contributed by atoms with Gasteiger partial charge in [0.2, 0.25) is 0 Å². The van der Waals surface area contributed by atoms with Crippen LogP contribution in [0.2, 0.25) is 0 Å². The maximum Gasteiger partial charge on any atom is 0.337 e. The summed E-state index contributed by atoms with van der Waals surface area (Å²) < 4.78 is 17.9. The first-order valence-electron chi connectivity index (χ1n) is 3.46. The van der Waals surface area contributed by atoms with Crippen molar-refractivity contribution in [2.24, 2.45) is 0 Å². The van der Waals surface area contributed by atoms with Gasteiger partial charge in [0.05, 0.1) is 12.2 Å². The normalized spacial score (nSPS) is 19.3. The molecule has 0 fully saturated rings. The van der Waals surface area contributed by atoms with Gasteiger partial charge in [-0.05, 0) is 0 Å². The maximum atomic E-state index is 10.9. The van der Waals surface area contributed by atoms with Crippen molar-refractivity contribution in [2.45, 2.75) is 12.0 Å². The van der Waals surface area contributed by atoms with Gasteiger partial charge >= 0.3 is 11.9 Å². The van der Waals surface area contributed by atoms with Crippen molar-refractivity contribution < 1.29 is 29.1 Å². The Bertz CT molecular complexity index is 347. The quantitative estimate of drug-likeness (QED) is 0.471. The zero-order valence-electron chi connectivity index (χ0n) is 7.39. The number of hydrogen-bond acceptors (Lipinski definition) is 5. The van der Waals surface area contributed by atoms with E-state index in [0.29, 0.717) is 0 Å². The Morgan fingerprint density at radius 2 is 1.86 bits per heavy atom. The highest BCUT2D eigenvalue weighted by atomic mass is 32.2. The van der Waals surface area contributed by atoms with Crippen LogP contribution in [0.5, 0.6) is 0 Å². The number of rotatable bonds is 5. The molecule has 0 radical (unpaired) electrons. The van der Waals surface area contributed by atoms with Crippen molar-refractivity contribution >= 4 is 21.7 Å². The van der Waals surface area contributed by atoms with E-state index < -0.39 is 39.4 Å². The van der Waals surface area contributed by atoms with Gasteiger partial charge in [0, 0.05) is 16.0 Å². The van der Waals surface area contributed by atoms with Crippen molar-refractivity contribution in [2.75, 3.05) is 12.0 Å². The molecule has 2 atom stereocenters. The van der Waals surface area contributed by atoms with E-state index in [0.717, 1.165) is 6.26 Å². The topological polar surface area (TPSA) is 136 Å². The molecule has 0 aliphatic rings. The van der Waals surface area contributed by atoms with E-state index in [9.17, 15) is 18.9 Å². The summed E-state index contributed by atoms with van der Waals surface area (Å²) in [5.41, 5.74) is -2.64. The molecule has 0 saturated heterocycles. The first-order chi connectivity index (χ1) is 6.07. The second-order valence-corrected chi connectivity index (χ2v) is 5.36. The predicted octanol–water partition coefficient (Wildman–Crippen LogP) is -1.05. The zero-order chi connectivity index (χ0) is 11.6. The van der Waals surface area contributed by atoms with E-state index in [1.807, 2.05) is 0 Å². The maximum absolute atomic E-state index is 10.9. The lowest BCUT2D eigenvalue weighted by atomic mass is 10.0. The van der Waals surface area contributed by atoms with E-state index in [1.165, 1.54) is 0 Å². The van der Waals surface area contributed by atoms with Crippen molar-refractivity contribution in [1.29, 1.82) is 4.78 Å². The van der Waals surface area contributed by atoms with Crippen molar-refractivity contribution in [3.8, 4) is 0 Å². The van der Waals surface area contributed by atoms with Gasteiger partial charge in [-0.1, -0.05) is 0 Å². The molecule has 0 aromatic heterocycles. The molecular formula is C6H11NO6S. The third-order valence-electron chi connectivity index (χ3n) is 1.36. The Morgan fingerprint density at radius 3 is 2.07 bits per heavy atom. The first-order valence-corrected chi connectivity index (χ1v) is 5.59. The monoisotopic (exact) mass is 225 g/mol. The molecule has 7 nitrogen and oxygen atoms in total. The van der Waals surface area contributed by atoms with Gasteiger partial charge in [-0.3, -0.25) is 13.8 Å². The highest BCUT2D eigenvalue weighted by molar-refractivity contribution is 7.91. The Kier molecular flexibility index (Phi) is 3.60. The van der Waals surface area contributed by atoms with Crippen LogP contribution in [-0.4, -0.2) is 49.1 Å². The van der Waals surface area contributed by atoms with Gasteiger partial charge in [-0.2, -0.15) is 0 Å². The molecular weight excluding hydrogens is 214 g/mol. The fraction of sp³-hybridized carbons (Fsp3) is 0.667. The van der Waals surface area contributed by atoms with E-state index in [1.54, 1.807) is 0 Å². The highest BCUT2D eigenvalue weighted by Gasteiger charge is 2.40. The summed E-state index contributed by atoms with van der Waals surface area (Å²) in [6, 6.07) is 0. The number of hydrogen-bond donors (Lipinski definition) is 4. The lowest BCUT2D eigenvalue weighted by Gasteiger charge is -2.20. The SMILES string of the molecule is C[S@@](=N)(=O)C[C@@](O)(CC(=O)O)C(=O)O. The molecule has 0 spiro atoms. The van der Waals surface area contributed by atoms with Crippen LogP contribution >= 0.6 is 0 Å². The van der Waals surface area contributed by atoms with Gasteiger partial charge < -0.3 is 15.3 Å². The van der Waals surface area contributed by atoms with E-state index in [4.69, 9.17) is 15.0 Å². The smallest absolute Gasteiger partial charge is 0.337 e. The van der Waals surface area contributed by atoms with Gasteiger partial charge in [-0.15, -0.1) is 0 Å². The second kappa shape index (κ2) is 3.93. The van der Waals surface area contributed by atoms with Crippen LogP contribution in [0.15, 0.2) is 0 Å². The standard InChI is InChI=1S/C6H11NO6S/c1-14(7,13)3-6(12,5(10)11)2-4(8)9/h7,12H,2-3H2,1H3,(H,8,9)(H,10,11)/t6-,14+/m0/s1. The molecule has 0 aromatic rings. The number of carboxylic acids is 2. The Hall–Kier alpha value is -1.15. The van der Waals surface area contributed by atoms with Crippen molar-refractivity contribution in [3.05, 3.63) is 0 Å². The largest absolute Gasteiger partial charge is 0.481 e. The van der Waals surface area contributed by atoms with E-state index in [2.05, 4.69) is 0 Å². The molecule has 4 N–H and O–H groups in total. The molecule has 0 aliphatic heterocycles. The molecule has 0 saturated carbocycles. The summed E-state index contributed by atoms with van der Waals surface area (Å²) in [6.45, 7) is 0. The van der Waals surface area contributed by atoms with E-state index >= 15 is 0 Å². The van der Waals surface area contributed by atoms with Crippen LogP contribution in [-0.2, 0) is 19.3 Å². The molecule has 0 amide bonds. The lowest BCUT2D eigenvalue weighted by Crippen LogP contribution is -2.46. The van der Waals surface area contributed by atoms with Gasteiger partial charge in [-0.25, -0.2) is 4.79 Å². The summed E-state index contributed by atoms with van der Waals surface area (Å²) in [5.74, 6) is -4.22. The number of aliphatic hydroxyl groups is 1. The fourth-order valence-corrected chi connectivity index (χ4v) is 2.03. The predicted molar refractivity (Wildman–Crippen MR) is 46.5 cm³/mol. The molecule has 0 aromatic carbocycles. The average molecular weight is 225 g/mol. The fourth-order valence-electron chi connectivity index (χ4n) is 0.894. The molecule has 82 valence electrons. The lowest BCUT2D eigenvalue weighted by molar-refractivity contribution is -0.162. The van der Waals surface area contributed by atoms with Gasteiger partial charge in [0.1, 0.15) is 0 Å². The number of carboxylic acid groups (broad SMARTS) is 2. The van der Waals surface area contributed by atoms with Crippen molar-refractivity contribution in [3.63, 3.8) is 0 Å². The minimum atomic E-state index is -3.27. The minimum Gasteiger partial charge on any atom is -0.481 e. The molecule has 0 heterocycles. The number of nitrogens with one attached hydrogen (secondary N) is 1. The summed E-state index contributed by atoms with van der Waals surface area (Å²) >= 11 is 0. The zero-order valence-corrected chi connectivity index (χ0v) is 8.21. The second-order valence-electron chi connectivity index (χ2n) is 3.06. The average Bonchev–Trinajstić information content (AvgIpc) is 1.79. The van der Waals surface area contributed by atoms with Crippen LogP contribution in [0.4, 0.5) is 0 Å². The molecule has 0 unspecified atom stereocenters. The molecule has 8 heteroatoms. The van der Waals surface area contributed by atoms with Crippen LogP contribution < -0.4 is 0 Å². The summed E-state index contributed by atoms with van der Waals surface area (Å²) in [6.07, 6.45) is -0.144. The molecule has 0 aliphatic carbocycles. The summed E-state index contributed by atoms with van der Waals surface area (Å²) in [4.78, 5) is 20.7. The Labute approximate surface area is 80.3 Å². The Morgan fingerprint density at radius 1 is 1.43 bits per heavy atom. The number of carbonyl (C=O) groups is 2. The van der Waals surface area contributed by atoms with Crippen LogP contribution in [0.3, 0.4) is 0 Å². The third-order valence-corrected chi connectivity index (χ3v) is 2.38. The molecule has 0 bridgehead atoms. The first kappa shape index (κ1) is 12.8.